The lowest BCUT2D eigenvalue weighted by Crippen LogP contribution is -2.22. The minimum absolute atomic E-state index is 0.402. The minimum Gasteiger partial charge on any atom is -0.309 e. The summed E-state index contributed by atoms with van der Waals surface area (Å²) >= 11 is 0. The molecule has 1 heterocycles. The average molecular weight is 246 g/mol. The second-order valence-corrected chi connectivity index (χ2v) is 4.74. The Morgan fingerprint density at radius 1 is 1.33 bits per heavy atom. The van der Waals surface area contributed by atoms with E-state index in [4.69, 9.17) is 0 Å². The SMILES string of the molecule is C=CCCCCCC(NCC)c1cccc(C)n1. The van der Waals surface area contributed by atoms with Crippen molar-refractivity contribution in [3.63, 3.8) is 0 Å². The molecule has 0 aliphatic heterocycles. The predicted octanol–water partition coefficient (Wildman–Crippen LogP) is 4.18. The maximum absolute atomic E-state index is 4.63. The Labute approximate surface area is 112 Å². The van der Waals surface area contributed by atoms with Crippen LogP contribution < -0.4 is 5.32 Å². The summed E-state index contributed by atoms with van der Waals surface area (Å²) < 4.78 is 0. The third-order valence-electron chi connectivity index (χ3n) is 3.12. The molecule has 0 spiro atoms. The Morgan fingerprint density at radius 2 is 2.17 bits per heavy atom. The molecule has 0 saturated carbocycles. The highest BCUT2D eigenvalue weighted by molar-refractivity contribution is 5.13. The van der Waals surface area contributed by atoms with E-state index in [0.717, 1.165) is 18.7 Å². The van der Waals surface area contributed by atoms with Crippen LogP contribution in [-0.4, -0.2) is 11.5 Å². The maximum atomic E-state index is 4.63. The molecule has 0 aliphatic carbocycles. The monoisotopic (exact) mass is 246 g/mol. The summed E-state index contributed by atoms with van der Waals surface area (Å²) in [7, 11) is 0. The summed E-state index contributed by atoms with van der Waals surface area (Å²) in [6.07, 6.45) is 8.09. The van der Waals surface area contributed by atoms with Crippen molar-refractivity contribution in [2.45, 2.75) is 52.0 Å². The van der Waals surface area contributed by atoms with Gasteiger partial charge in [-0.25, -0.2) is 0 Å². The van der Waals surface area contributed by atoms with Crippen molar-refractivity contribution in [1.29, 1.82) is 0 Å². The van der Waals surface area contributed by atoms with Gasteiger partial charge in [-0.1, -0.05) is 31.9 Å². The Balaban J connectivity index is 2.46. The van der Waals surface area contributed by atoms with Gasteiger partial charge in [-0.15, -0.1) is 6.58 Å². The molecule has 1 rings (SSSR count). The highest BCUT2D eigenvalue weighted by Gasteiger charge is 2.10. The van der Waals surface area contributed by atoms with Gasteiger partial charge in [0.2, 0.25) is 0 Å². The van der Waals surface area contributed by atoms with Crippen LogP contribution in [0.1, 0.15) is 56.5 Å². The topological polar surface area (TPSA) is 24.9 Å². The molecule has 2 nitrogen and oxygen atoms in total. The van der Waals surface area contributed by atoms with Gasteiger partial charge in [-0.3, -0.25) is 4.98 Å². The van der Waals surface area contributed by atoms with Crippen LogP contribution in [0.4, 0.5) is 0 Å². The standard InChI is InChI=1S/C16H26N2/c1-4-6-7-8-9-12-15(17-5-2)16-13-10-11-14(3)18-16/h4,10-11,13,15,17H,1,5-9,12H2,2-3H3. The van der Waals surface area contributed by atoms with Gasteiger partial charge in [0.1, 0.15) is 0 Å². The molecule has 1 atom stereocenters. The summed E-state index contributed by atoms with van der Waals surface area (Å²) in [5.41, 5.74) is 2.28. The Bertz CT molecular complexity index is 347. The van der Waals surface area contributed by atoms with E-state index in [1.807, 2.05) is 6.08 Å². The molecule has 100 valence electrons. The summed E-state index contributed by atoms with van der Waals surface area (Å²) in [6, 6.07) is 6.68. The van der Waals surface area contributed by atoms with Crippen molar-refractivity contribution in [3.8, 4) is 0 Å². The maximum Gasteiger partial charge on any atom is 0.0576 e. The summed E-state index contributed by atoms with van der Waals surface area (Å²) in [5.74, 6) is 0. The van der Waals surface area contributed by atoms with E-state index in [0.29, 0.717) is 6.04 Å². The number of nitrogens with zero attached hydrogens (tertiary/aromatic N) is 1. The molecule has 0 aliphatic rings. The second-order valence-electron chi connectivity index (χ2n) is 4.74. The molecule has 1 N–H and O–H groups in total. The van der Waals surface area contributed by atoms with Gasteiger partial charge >= 0.3 is 0 Å². The Morgan fingerprint density at radius 3 is 2.83 bits per heavy atom. The lowest BCUT2D eigenvalue weighted by Gasteiger charge is -2.17. The van der Waals surface area contributed by atoms with E-state index in [1.54, 1.807) is 0 Å². The van der Waals surface area contributed by atoms with Gasteiger partial charge in [-0.05, 0) is 44.9 Å². The van der Waals surface area contributed by atoms with Crippen molar-refractivity contribution >= 4 is 0 Å². The van der Waals surface area contributed by atoms with Crippen LogP contribution in [0.3, 0.4) is 0 Å². The molecule has 0 radical (unpaired) electrons. The first-order chi connectivity index (χ1) is 8.77. The van der Waals surface area contributed by atoms with Gasteiger partial charge in [0.15, 0.2) is 0 Å². The van der Waals surface area contributed by atoms with Crippen LogP contribution in [-0.2, 0) is 0 Å². The third-order valence-corrected chi connectivity index (χ3v) is 3.12. The minimum atomic E-state index is 0.402. The van der Waals surface area contributed by atoms with Crippen LogP contribution in [0.15, 0.2) is 30.9 Å². The van der Waals surface area contributed by atoms with Crippen LogP contribution in [0.2, 0.25) is 0 Å². The number of aromatic nitrogens is 1. The second kappa shape index (κ2) is 8.87. The quantitative estimate of drug-likeness (QED) is 0.522. The van der Waals surface area contributed by atoms with E-state index in [1.165, 1.54) is 31.4 Å². The van der Waals surface area contributed by atoms with Crippen LogP contribution in [0.5, 0.6) is 0 Å². The first kappa shape index (κ1) is 14.9. The number of hydrogen-bond donors (Lipinski definition) is 1. The smallest absolute Gasteiger partial charge is 0.0576 e. The van der Waals surface area contributed by atoms with Crippen LogP contribution in [0, 0.1) is 6.92 Å². The molecule has 0 bridgehead atoms. The molecular formula is C16H26N2. The van der Waals surface area contributed by atoms with Gasteiger partial charge in [-0.2, -0.15) is 0 Å². The van der Waals surface area contributed by atoms with E-state index < -0.39 is 0 Å². The van der Waals surface area contributed by atoms with Gasteiger partial charge in [0, 0.05) is 11.7 Å². The molecule has 0 amide bonds. The Hall–Kier alpha value is -1.15. The fraction of sp³-hybridized carbons (Fsp3) is 0.562. The number of rotatable bonds is 9. The molecule has 0 fully saturated rings. The summed E-state index contributed by atoms with van der Waals surface area (Å²) in [6.45, 7) is 8.96. The molecule has 2 heteroatoms. The summed E-state index contributed by atoms with van der Waals surface area (Å²) in [5, 5.41) is 3.53. The lowest BCUT2D eigenvalue weighted by molar-refractivity contribution is 0.474. The first-order valence-corrected chi connectivity index (χ1v) is 7.05. The highest BCUT2D eigenvalue weighted by Crippen LogP contribution is 2.18. The highest BCUT2D eigenvalue weighted by atomic mass is 14.9. The van der Waals surface area contributed by atoms with Crippen molar-refractivity contribution in [1.82, 2.24) is 10.3 Å². The largest absolute Gasteiger partial charge is 0.309 e. The van der Waals surface area contributed by atoms with E-state index in [2.05, 4.69) is 48.9 Å². The van der Waals surface area contributed by atoms with Crippen molar-refractivity contribution in [2.75, 3.05) is 6.54 Å². The normalized spacial score (nSPS) is 12.3. The fourth-order valence-corrected chi connectivity index (χ4v) is 2.17. The van der Waals surface area contributed by atoms with E-state index in [9.17, 15) is 0 Å². The fourth-order valence-electron chi connectivity index (χ4n) is 2.17. The zero-order chi connectivity index (χ0) is 13.2. The van der Waals surface area contributed by atoms with E-state index in [-0.39, 0.29) is 0 Å². The zero-order valence-electron chi connectivity index (χ0n) is 11.8. The molecule has 0 aromatic carbocycles. The molecule has 1 unspecified atom stereocenters. The number of hydrogen-bond acceptors (Lipinski definition) is 2. The molecule has 18 heavy (non-hydrogen) atoms. The number of nitrogens with one attached hydrogen (secondary N) is 1. The molecule has 1 aromatic rings. The van der Waals surface area contributed by atoms with Crippen molar-refractivity contribution in [3.05, 3.63) is 42.2 Å². The van der Waals surface area contributed by atoms with Crippen molar-refractivity contribution < 1.29 is 0 Å². The number of unbranched alkanes of at least 4 members (excludes halogenated alkanes) is 3. The average Bonchev–Trinajstić information content (AvgIpc) is 2.37. The van der Waals surface area contributed by atoms with Gasteiger partial charge in [0.05, 0.1) is 5.69 Å². The zero-order valence-corrected chi connectivity index (χ0v) is 11.8. The number of pyridine rings is 1. The Kier molecular flexibility index (Phi) is 7.35. The van der Waals surface area contributed by atoms with Crippen LogP contribution in [0.25, 0.3) is 0 Å². The molecular weight excluding hydrogens is 220 g/mol. The third kappa shape index (κ3) is 5.46. The van der Waals surface area contributed by atoms with Gasteiger partial charge < -0.3 is 5.32 Å². The van der Waals surface area contributed by atoms with Gasteiger partial charge in [0.25, 0.3) is 0 Å². The number of allylic oxidation sites excluding steroid dienone is 1. The number of aryl methyl sites for hydroxylation is 1. The first-order valence-electron chi connectivity index (χ1n) is 7.05. The van der Waals surface area contributed by atoms with Crippen LogP contribution >= 0.6 is 0 Å². The molecule has 1 aromatic heterocycles. The molecule has 0 saturated heterocycles. The van der Waals surface area contributed by atoms with Crippen molar-refractivity contribution in [2.24, 2.45) is 0 Å². The summed E-state index contributed by atoms with van der Waals surface area (Å²) in [4.78, 5) is 4.63. The predicted molar refractivity (Wildman–Crippen MR) is 78.7 cm³/mol. The van der Waals surface area contributed by atoms with E-state index >= 15 is 0 Å². The lowest BCUT2D eigenvalue weighted by atomic mass is 10.0.